The van der Waals surface area contributed by atoms with Gasteiger partial charge in [-0.15, -0.1) is 0 Å². The van der Waals surface area contributed by atoms with Crippen molar-refractivity contribution in [3.8, 4) is 0 Å². The van der Waals surface area contributed by atoms with Crippen LogP contribution >= 0.6 is 0 Å². The number of anilines is 1. The third-order valence-electron chi connectivity index (χ3n) is 3.26. The second kappa shape index (κ2) is 6.06. The Morgan fingerprint density at radius 3 is 2.55 bits per heavy atom. The monoisotopic (exact) mass is 263 g/mol. The first kappa shape index (κ1) is 12.5. The van der Waals surface area contributed by atoms with Crippen LogP contribution in [0.2, 0.25) is 0 Å². The van der Waals surface area contributed by atoms with Crippen LogP contribution in [0.1, 0.15) is 11.1 Å². The number of nitrogens with one attached hydrogen (secondary N) is 1. The SMILES string of the molecule is c1ccc(CNc2ccccc2Cn2ccnc2)cc1. The molecule has 0 aliphatic heterocycles. The summed E-state index contributed by atoms with van der Waals surface area (Å²) < 4.78 is 2.07. The standard InChI is InChI=1S/C17H17N3/c1-2-6-15(7-3-1)12-19-17-9-5-4-8-16(17)13-20-11-10-18-14-20/h1-11,14,19H,12-13H2. The Labute approximate surface area is 118 Å². The number of nitrogens with zero attached hydrogens (tertiary/aromatic N) is 2. The second-order valence-corrected chi connectivity index (χ2v) is 4.73. The van der Waals surface area contributed by atoms with Crippen molar-refractivity contribution in [2.24, 2.45) is 0 Å². The Morgan fingerprint density at radius 2 is 1.75 bits per heavy atom. The topological polar surface area (TPSA) is 29.9 Å². The fraction of sp³-hybridized carbons (Fsp3) is 0.118. The first-order valence-corrected chi connectivity index (χ1v) is 6.73. The van der Waals surface area contributed by atoms with E-state index in [4.69, 9.17) is 0 Å². The zero-order chi connectivity index (χ0) is 13.6. The molecule has 100 valence electrons. The summed E-state index contributed by atoms with van der Waals surface area (Å²) in [5, 5.41) is 3.51. The van der Waals surface area contributed by atoms with Gasteiger partial charge in [-0.1, -0.05) is 48.5 Å². The number of imidazole rings is 1. The highest BCUT2D eigenvalue weighted by molar-refractivity contribution is 5.51. The molecule has 3 rings (SSSR count). The van der Waals surface area contributed by atoms with Crippen molar-refractivity contribution in [1.82, 2.24) is 9.55 Å². The molecule has 0 saturated carbocycles. The van der Waals surface area contributed by atoms with Gasteiger partial charge in [0.05, 0.1) is 12.9 Å². The lowest BCUT2D eigenvalue weighted by Crippen LogP contribution is -2.05. The fourth-order valence-corrected chi connectivity index (χ4v) is 2.20. The molecule has 1 N–H and O–H groups in total. The van der Waals surface area contributed by atoms with Gasteiger partial charge in [0.25, 0.3) is 0 Å². The van der Waals surface area contributed by atoms with Gasteiger partial charge in [0.15, 0.2) is 0 Å². The number of para-hydroxylation sites is 1. The zero-order valence-electron chi connectivity index (χ0n) is 11.2. The summed E-state index contributed by atoms with van der Waals surface area (Å²) >= 11 is 0. The normalized spacial score (nSPS) is 10.4. The van der Waals surface area contributed by atoms with Crippen LogP contribution in [0.15, 0.2) is 73.3 Å². The van der Waals surface area contributed by atoms with E-state index in [1.807, 2.05) is 18.6 Å². The van der Waals surface area contributed by atoms with Crippen LogP contribution in [-0.2, 0) is 13.1 Å². The smallest absolute Gasteiger partial charge is 0.0949 e. The van der Waals surface area contributed by atoms with Crippen molar-refractivity contribution < 1.29 is 0 Å². The van der Waals surface area contributed by atoms with Crippen LogP contribution in [0.5, 0.6) is 0 Å². The molecule has 3 aromatic rings. The highest BCUT2D eigenvalue weighted by Crippen LogP contribution is 2.17. The average molecular weight is 263 g/mol. The van der Waals surface area contributed by atoms with Crippen LogP contribution in [-0.4, -0.2) is 9.55 Å². The van der Waals surface area contributed by atoms with Crippen LogP contribution in [0.4, 0.5) is 5.69 Å². The van der Waals surface area contributed by atoms with Gasteiger partial charge in [-0.3, -0.25) is 0 Å². The number of benzene rings is 2. The van der Waals surface area contributed by atoms with Gasteiger partial charge in [0.2, 0.25) is 0 Å². The summed E-state index contributed by atoms with van der Waals surface area (Å²) in [6.07, 6.45) is 5.63. The maximum atomic E-state index is 4.08. The van der Waals surface area contributed by atoms with E-state index in [1.54, 1.807) is 6.20 Å². The molecule has 0 bridgehead atoms. The second-order valence-electron chi connectivity index (χ2n) is 4.73. The highest BCUT2D eigenvalue weighted by atomic mass is 15.0. The minimum atomic E-state index is 0.831. The molecule has 0 fully saturated rings. The van der Waals surface area contributed by atoms with Gasteiger partial charge >= 0.3 is 0 Å². The highest BCUT2D eigenvalue weighted by Gasteiger charge is 2.02. The third kappa shape index (κ3) is 3.06. The van der Waals surface area contributed by atoms with Crippen molar-refractivity contribution in [3.63, 3.8) is 0 Å². The molecule has 0 amide bonds. The number of hydrogen-bond donors (Lipinski definition) is 1. The molecule has 3 heteroatoms. The Balaban J connectivity index is 1.73. The van der Waals surface area contributed by atoms with Gasteiger partial charge in [-0.05, 0) is 17.2 Å². The van der Waals surface area contributed by atoms with E-state index < -0.39 is 0 Å². The molecule has 20 heavy (non-hydrogen) atoms. The summed E-state index contributed by atoms with van der Waals surface area (Å²) in [6, 6.07) is 18.8. The largest absolute Gasteiger partial charge is 0.381 e. The summed E-state index contributed by atoms with van der Waals surface area (Å²) in [5.41, 5.74) is 3.72. The molecular weight excluding hydrogens is 246 g/mol. The van der Waals surface area contributed by atoms with Crippen molar-refractivity contribution >= 4 is 5.69 Å². The Hall–Kier alpha value is -2.55. The molecule has 0 saturated heterocycles. The summed E-state index contributed by atoms with van der Waals surface area (Å²) in [7, 11) is 0. The van der Waals surface area contributed by atoms with E-state index in [1.165, 1.54) is 16.8 Å². The number of hydrogen-bond acceptors (Lipinski definition) is 2. The van der Waals surface area contributed by atoms with E-state index in [2.05, 4.69) is 63.4 Å². The van der Waals surface area contributed by atoms with E-state index in [-0.39, 0.29) is 0 Å². The molecule has 0 spiro atoms. The van der Waals surface area contributed by atoms with Crippen molar-refractivity contribution in [2.75, 3.05) is 5.32 Å². The van der Waals surface area contributed by atoms with Gasteiger partial charge in [0.1, 0.15) is 0 Å². The molecule has 0 radical (unpaired) electrons. The molecule has 1 heterocycles. The van der Waals surface area contributed by atoms with Crippen LogP contribution in [0, 0.1) is 0 Å². The lowest BCUT2D eigenvalue weighted by atomic mass is 10.1. The minimum Gasteiger partial charge on any atom is -0.381 e. The van der Waals surface area contributed by atoms with Gasteiger partial charge < -0.3 is 9.88 Å². The van der Waals surface area contributed by atoms with Crippen LogP contribution in [0.25, 0.3) is 0 Å². The van der Waals surface area contributed by atoms with E-state index >= 15 is 0 Å². The first-order valence-electron chi connectivity index (χ1n) is 6.73. The molecule has 0 unspecified atom stereocenters. The predicted molar refractivity (Wildman–Crippen MR) is 81.5 cm³/mol. The van der Waals surface area contributed by atoms with E-state index in [0.717, 1.165) is 13.1 Å². The van der Waals surface area contributed by atoms with Gasteiger partial charge in [0, 0.05) is 24.6 Å². The lowest BCUT2D eigenvalue weighted by molar-refractivity contribution is 0.797. The average Bonchev–Trinajstić information content (AvgIpc) is 3.00. The van der Waals surface area contributed by atoms with E-state index in [9.17, 15) is 0 Å². The molecule has 1 aromatic heterocycles. The number of rotatable bonds is 5. The first-order chi connectivity index (χ1) is 9.92. The summed E-state index contributed by atoms with van der Waals surface area (Å²) in [6.45, 7) is 1.67. The molecule has 0 aliphatic carbocycles. The fourth-order valence-electron chi connectivity index (χ4n) is 2.20. The van der Waals surface area contributed by atoms with Crippen molar-refractivity contribution in [3.05, 3.63) is 84.4 Å². The lowest BCUT2D eigenvalue weighted by Gasteiger charge is -2.12. The molecule has 0 aliphatic rings. The maximum absolute atomic E-state index is 4.08. The molecular formula is C17H17N3. The minimum absolute atomic E-state index is 0.831. The Bertz CT molecular complexity index is 645. The van der Waals surface area contributed by atoms with Gasteiger partial charge in [-0.25, -0.2) is 4.98 Å². The summed E-state index contributed by atoms with van der Waals surface area (Å²) in [4.78, 5) is 4.08. The van der Waals surface area contributed by atoms with Crippen LogP contribution < -0.4 is 5.32 Å². The summed E-state index contributed by atoms with van der Waals surface area (Å²) in [5.74, 6) is 0. The van der Waals surface area contributed by atoms with Crippen LogP contribution in [0.3, 0.4) is 0 Å². The van der Waals surface area contributed by atoms with Crippen molar-refractivity contribution in [2.45, 2.75) is 13.1 Å². The van der Waals surface area contributed by atoms with Crippen molar-refractivity contribution in [1.29, 1.82) is 0 Å². The van der Waals surface area contributed by atoms with E-state index in [0.29, 0.717) is 0 Å². The third-order valence-corrected chi connectivity index (χ3v) is 3.26. The molecule has 0 atom stereocenters. The predicted octanol–water partition coefficient (Wildman–Crippen LogP) is 3.54. The van der Waals surface area contributed by atoms with Gasteiger partial charge in [-0.2, -0.15) is 0 Å². The molecule has 2 aromatic carbocycles. The number of aromatic nitrogens is 2. The quantitative estimate of drug-likeness (QED) is 0.763. The Kier molecular flexibility index (Phi) is 3.78. The zero-order valence-corrected chi connectivity index (χ0v) is 11.2. The molecule has 3 nitrogen and oxygen atoms in total. The maximum Gasteiger partial charge on any atom is 0.0949 e. The Morgan fingerprint density at radius 1 is 0.950 bits per heavy atom.